The van der Waals surface area contributed by atoms with Crippen LogP contribution in [-0.2, 0) is 4.74 Å². The molecule has 0 aliphatic heterocycles. The highest BCUT2D eigenvalue weighted by molar-refractivity contribution is 6.05. The van der Waals surface area contributed by atoms with Gasteiger partial charge in [0, 0.05) is 5.56 Å². The molecule has 4 aromatic rings. The largest absolute Gasteiger partial charge is 0.465 e. The van der Waals surface area contributed by atoms with Crippen LogP contribution < -0.4 is 0 Å². The molecule has 0 spiro atoms. The third-order valence-corrected chi connectivity index (χ3v) is 3.88. The maximum absolute atomic E-state index is 11.8. The lowest BCUT2D eigenvalue weighted by atomic mass is 9.96. The molecule has 23 heavy (non-hydrogen) atoms. The van der Waals surface area contributed by atoms with Crippen LogP contribution in [-0.4, -0.2) is 23.4 Å². The summed E-state index contributed by atoms with van der Waals surface area (Å²) in [6.45, 7) is 0. The van der Waals surface area contributed by atoms with E-state index in [2.05, 4.69) is 10.3 Å². The minimum absolute atomic E-state index is 0.358. The van der Waals surface area contributed by atoms with E-state index in [4.69, 9.17) is 9.37 Å². The van der Waals surface area contributed by atoms with Crippen molar-refractivity contribution in [2.75, 3.05) is 7.11 Å². The average molecular weight is 304 g/mol. The molecule has 0 atom stereocenters. The summed E-state index contributed by atoms with van der Waals surface area (Å²) in [5.41, 5.74) is 3.79. The van der Waals surface area contributed by atoms with Crippen LogP contribution in [0.3, 0.4) is 0 Å². The molecule has 5 heteroatoms. The first kappa shape index (κ1) is 13.5. The van der Waals surface area contributed by atoms with E-state index in [1.54, 1.807) is 6.07 Å². The van der Waals surface area contributed by atoms with Crippen LogP contribution in [0.15, 0.2) is 59.2 Å². The molecule has 0 radical (unpaired) electrons. The summed E-state index contributed by atoms with van der Waals surface area (Å²) in [6, 6.07) is 17.2. The highest BCUT2D eigenvalue weighted by Gasteiger charge is 2.13. The number of fused-ring (bicyclic) bond motifs is 2. The van der Waals surface area contributed by atoms with Crippen molar-refractivity contribution in [2.45, 2.75) is 0 Å². The first-order valence-corrected chi connectivity index (χ1v) is 7.10. The molecular weight excluding hydrogens is 292 g/mol. The topological polar surface area (TPSA) is 65.2 Å². The average Bonchev–Trinajstić information content (AvgIpc) is 3.09. The lowest BCUT2D eigenvalue weighted by Crippen LogP contribution is -2.00. The molecule has 0 amide bonds. The Labute approximate surface area is 131 Å². The zero-order valence-electron chi connectivity index (χ0n) is 12.3. The Morgan fingerprint density at radius 1 is 1.00 bits per heavy atom. The molecule has 0 aliphatic rings. The van der Waals surface area contributed by atoms with Crippen molar-refractivity contribution in [3.05, 3.63) is 60.2 Å². The number of nitrogens with zero attached hydrogens (tertiary/aromatic N) is 2. The molecule has 0 N–H and O–H groups in total. The van der Waals surface area contributed by atoms with Crippen LogP contribution >= 0.6 is 0 Å². The summed E-state index contributed by atoms with van der Waals surface area (Å²) in [4.78, 5) is 11.8. The number of hydrogen-bond donors (Lipinski definition) is 0. The van der Waals surface area contributed by atoms with Crippen LogP contribution in [0, 0.1) is 0 Å². The van der Waals surface area contributed by atoms with E-state index in [0.717, 1.165) is 21.9 Å². The quantitative estimate of drug-likeness (QED) is 0.527. The Balaban J connectivity index is 2.03. The Morgan fingerprint density at radius 3 is 2.70 bits per heavy atom. The lowest BCUT2D eigenvalue weighted by Gasteiger charge is -2.08. The molecule has 112 valence electrons. The van der Waals surface area contributed by atoms with E-state index in [9.17, 15) is 4.79 Å². The number of carbonyl (C=O) groups is 1. The summed E-state index contributed by atoms with van der Waals surface area (Å²) in [6.07, 6.45) is 0. The molecule has 0 aliphatic carbocycles. The van der Waals surface area contributed by atoms with Gasteiger partial charge in [-0.1, -0.05) is 36.4 Å². The predicted octanol–water partition coefficient (Wildman–Crippen LogP) is 3.83. The molecule has 0 bridgehead atoms. The Hall–Kier alpha value is -3.21. The normalized spacial score (nSPS) is 11.0. The van der Waals surface area contributed by atoms with Gasteiger partial charge in [0.2, 0.25) is 0 Å². The monoisotopic (exact) mass is 304 g/mol. The number of benzene rings is 3. The minimum atomic E-state index is -0.358. The predicted molar refractivity (Wildman–Crippen MR) is 86.1 cm³/mol. The summed E-state index contributed by atoms with van der Waals surface area (Å²) in [5.74, 6) is -0.358. The molecule has 0 unspecified atom stereocenters. The minimum Gasteiger partial charge on any atom is -0.465 e. The molecular formula is C18H12N2O3. The van der Waals surface area contributed by atoms with Gasteiger partial charge in [-0.2, -0.15) is 0 Å². The van der Waals surface area contributed by atoms with Crippen LogP contribution in [0.25, 0.3) is 32.9 Å². The van der Waals surface area contributed by atoms with Gasteiger partial charge in [-0.15, -0.1) is 0 Å². The fraction of sp³-hybridized carbons (Fsp3) is 0.0556. The molecule has 0 fully saturated rings. The van der Waals surface area contributed by atoms with Crippen LogP contribution in [0.2, 0.25) is 0 Å². The molecule has 1 heterocycles. The van der Waals surface area contributed by atoms with E-state index in [1.807, 2.05) is 48.5 Å². The van der Waals surface area contributed by atoms with Crippen molar-refractivity contribution in [1.82, 2.24) is 10.3 Å². The van der Waals surface area contributed by atoms with Crippen molar-refractivity contribution >= 4 is 27.8 Å². The second kappa shape index (κ2) is 5.21. The number of esters is 1. The Morgan fingerprint density at radius 2 is 1.83 bits per heavy atom. The van der Waals surface area contributed by atoms with Gasteiger partial charge in [-0.25, -0.2) is 9.42 Å². The standard InChI is InChI=1S/C18H12N2O3/c1-22-18(21)12-9-8-11-4-2-5-13(15(11)10-12)14-6-3-7-16-17(14)20-23-19-16/h2-10H,1H3. The van der Waals surface area contributed by atoms with Crippen LogP contribution in [0.1, 0.15) is 10.4 Å². The fourth-order valence-electron chi connectivity index (χ4n) is 2.78. The molecule has 1 aromatic heterocycles. The maximum Gasteiger partial charge on any atom is 0.337 e. The van der Waals surface area contributed by atoms with Gasteiger partial charge in [0.25, 0.3) is 0 Å². The van der Waals surface area contributed by atoms with Crippen molar-refractivity contribution in [3.8, 4) is 11.1 Å². The summed E-state index contributed by atoms with van der Waals surface area (Å²) >= 11 is 0. The molecule has 0 saturated heterocycles. The zero-order valence-corrected chi connectivity index (χ0v) is 12.3. The van der Waals surface area contributed by atoms with Crippen molar-refractivity contribution in [3.63, 3.8) is 0 Å². The number of rotatable bonds is 2. The number of aromatic nitrogens is 2. The van der Waals surface area contributed by atoms with Crippen molar-refractivity contribution in [1.29, 1.82) is 0 Å². The third kappa shape index (κ3) is 2.14. The van der Waals surface area contributed by atoms with Crippen molar-refractivity contribution < 1.29 is 14.2 Å². The molecule has 3 aromatic carbocycles. The summed E-state index contributed by atoms with van der Waals surface area (Å²) in [7, 11) is 1.38. The van der Waals surface area contributed by atoms with E-state index < -0.39 is 0 Å². The summed E-state index contributed by atoms with van der Waals surface area (Å²) in [5, 5.41) is 9.86. The second-order valence-corrected chi connectivity index (χ2v) is 5.17. The van der Waals surface area contributed by atoms with Crippen LogP contribution in [0.4, 0.5) is 0 Å². The molecule has 0 saturated carbocycles. The van der Waals surface area contributed by atoms with E-state index in [-0.39, 0.29) is 5.97 Å². The van der Waals surface area contributed by atoms with Crippen molar-refractivity contribution in [2.24, 2.45) is 0 Å². The van der Waals surface area contributed by atoms with E-state index in [0.29, 0.717) is 16.6 Å². The maximum atomic E-state index is 11.8. The highest BCUT2D eigenvalue weighted by Crippen LogP contribution is 2.33. The van der Waals surface area contributed by atoms with Gasteiger partial charge >= 0.3 is 5.97 Å². The van der Waals surface area contributed by atoms with E-state index >= 15 is 0 Å². The Bertz CT molecular complexity index is 1040. The lowest BCUT2D eigenvalue weighted by molar-refractivity contribution is 0.0601. The van der Waals surface area contributed by atoms with Gasteiger partial charge in [-0.3, -0.25) is 0 Å². The van der Waals surface area contributed by atoms with Gasteiger partial charge < -0.3 is 4.74 Å². The number of carbonyl (C=O) groups excluding carboxylic acids is 1. The first-order chi connectivity index (χ1) is 11.3. The molecule has 5 nitrogen and oxygen atoms in total. The SMILES string of the molecule is COC(=O)c1ccc2cccc(-c3cccc4nonc34)c2c1. The van der Waals surface area contributed by atoms with Gasteiger partial charge in [0.15, 0.2) is 0 Å². The van der Waals surface area contributed by atoms with Gasteiger partial charge in [0.1, 0.15) is 11.0 Å². The van der Waals surface area contributed by atoms with Crippen LogP contribution in [0.5, 0.6) is 0 Å². The van der Waals surface area contributed by atoms with Gasteiger partial charge in [-0.05, 0) is 44.8 Å². The molecule has 4 rings (SSSR count). The first-order valence-electron chi connectivity index (χ1n) is 7.10. The zero-order chi connectivity index (χ0) is 15.8. The number of methoxy groups -OCH3 is 1. The third-order valence-electron chi connectivity index (χ3n) is 3.88. The van der Waals surface area contributed by atoms with E-state index in [1.165, 1.54) is 7.11 Å². The smallest absolute Gasteiger partial charge is 0.337 e. The number of hydrogen-bond acceptors (Lipinski definition) is 5. The fourth-order valence-corrected chi connectivity index (χ4v) is 2.78. The summed E-state index contributed by atoms with van der Waals surface area (Å²) < 4.78 is 9.66. The second-order valence-electron chi connectivity index (χ2n) is 5.17. The Kier molecular flexibility index (Phi) is 3.05. The van der Waals surface area contributed by atoms with Gasteiger partial charge in [0.05, 0.1) is 12.7 Å². The number of ether oxygens (including phenoxy) is 1. The highest BCUT2D eigenvalue weighted by atomic mass is 16.6.